The van der Waals surface area contributed by atoms with Gasteiger partial charge in [0.15, 0.2) is 0 Å². The van der Waals surface area contributed by atoms with E-state index in [1.165, 1.54) is 0 Å². The maximum Gasteiger partial charge on any atom is 0.320 e. The Kier molecular flexibility index (Phi) is 2.36. The lowest BCUT2D eigenvalue weighted by Crippen LogP contribution is -2.30. The number of hydrogen-bond donors (Lipinski definition) is 2. The van der Waals surface area contributed by atoms with Crippen LogP contribution >= 0.6 is 11.8 Å². The first-order valence-electron chi connectivity index (χ1n) is 3.77. The molecule has 0 saturated carbocycles. The average Bonchev–Trinajstić information content (AvgIpc) is 1.86. The van der Waals surface area contributed by atoms with Crippen LogP contribution in [0.25, 0.3) is 0 Å². The Morgan fingerprint density at radius 1 is 2.22 bits per heavy atom. The van der Waals surface area contributed by atoms with Gasteiger partial charge in [-0.1, -0.05) is 0 Å². The Balaban J connectivity index is 4.62. The third kappa shape index (κ3) is 4.29. The van der Waals surface area contributed by atoms with Gasteiger partial charge in [-0.3, -0.25) is 4.79 Å². The molecular formula is C5H11NO2S. The van der Waals surface area contributed by atoms with E-state index in [0.717, 1.165) is 11.8 Å². The molecule has 0 aromatic rings. The van der Waals surface area contributed by atoms with E-state index in [-0.39, 0.29) is 5.75 Å². The number of carboxylic acids is 1. The van der Waals surface area contributed by atoms with E-state index in [0.29, 0.717) is 0 Å². The van der Waals surface area contributed by atoms with Crippen LogP contribution in [0, 0.1) is 0 Å². The Morgan fingerprint density at radius 2 is 2.78 bits per heavy atom. The van der Waals surface area contributed by atoms with Crippen LogP contribution in [0.15, 0.2) is 0 Å². The van der Waals surface area contributed by atoms with Crippen LogP contribution in [-0.4, -0.2) is 29.1 Å². The van der Waals surface area contributed by atoms with Crippen molar-refractivity contribution >= 4 is 17.7 Å². The summed E-state index contributed by atoms with van der Waals surface area (Å²) in [6.45, 7) is 0. The molecule has 3 N–H and O–H groups in total. The molecule has 0 bridgehead atoms. The molecule has 9 heavy (non-hydrogen) atoms. The molecule has 0 aliphatic rings. The summed E-state index contributed by atoms with van der Waals surface area (Å²) in [5.41, 5.74) is 5.00. The van der Waals surface area contributed by atoms with E-state index in [4.69, 9.17) is 15.0 Å². The summed E-state index contributed by atoms with van der Waals surface area (Å²) in [7, 11) is 0. The van der Waals surface area contributed by atoms with Gasteiger partial charge in [-0.25, -0.2) is 0 Å². The molecule has 0 unspecified atom stereocenters. The number of rotatable bonds is 4. The summed E-state index contributed by atoms with van der Waals surface area (Å²) < 4.78 is 21.5. The molecule has 0 heterocycles. The van der Waals surface area contributed by atoms with Gasteiger partial charge < -0.3 is 10.8 Å². The molecule has 0 saturated heterocycles. The fourth-order valence-corrected chi connectivity index (χ4v) is 0.525. The molecule has 0 aromatic carbocycles. The highest BCUT2D eigenvalue weighted by Crippen LogP contribution is 1.97. The van der Waals surface area contributed by atoms with Gasteiger partial charge in [-0.15, -0.1) is 0 Å². The van der Waals surface area contributed by atoms with E-state index < -0.39 is 18.4 Å². The van der Waals surface area contributed by atoms with Crippen molar-refractivity contribution in [3.63, 3.8) is 0 Å². The van der Waals surface area contributed by atoms with Crippen molar-refractivity contribution in [2.24, 2.45) is 5.73 Å². The third-order valence-corrected chi connectivity index (χ3v) is 1.07. The van der Waals surface area contributed by atoms with Crippen molar-refractivity contribution in [2.45, 2.75) is 12.4 Å². The molecule has 0 rings (SSSR count). The van der Waals surface area contributed by atoms with Crippen LogP contribution in [-0.2, 0) is 4.79 Å². The summed E-state index contributed by atoms with van der Waals surface area (Å²) in [6, 6.07) is -2.57. The molecule has 4 heteroatoms. The van der Waals surface area contributed by atoms with Crippen LogP contribution in [0.2, 0.25) is 0 Å². The first-order chi connectivity index (χ1) is 5.25. The lowest BCUT2D eigenvalue weighted by Gasteiger charge is -2.02. The van der Waals surface area contributed by atoms with Gasteiger partial charge in [0.25, 0.3) is 0 Å². The van der Waals surface area contributed by atoms with Gasteiger partial charge in [0.05, 0.1) is 1.37 Å². The summed E-state index contributed by atoms with van der Waals surface area (Å²) in [4.78, 5) is 10.4. The monoisotopic (exact) mass is 152 g/mol. The molecule has 54 valence electrons. The van der Waals surface area contributed by atoms with Crippen molar-refractivity contribution in [3.8, 4) is 0 Å². The number of thioether (sulfide) groups is 1. The van der Waals surface area contributed by atoms with Crippen molar-refractivity contribution < 1.29 is 14.0 Å². The highest BCUT2D eigenvalue weighted by molar-refractivity contribution is 7.98. The smallest absolute Gasteiger partial charge is 0.320 e. The largest absolute Gasteiger partial charge is 0.480 e. The predicted molar refractivity (Wildman–Crippen MR) is 38.6 cm³/mol. The third-order valence-electron chi connectivity index (χ3n) is 0.637. The summed E-state index contributed by atoms with van der Waals surface area (Å²) >= 11 is 1.11. The number of nitrogens with two attached hydrogens (primary N) is 1. The van der Waals surface area contributed by atoms with Crippen molar-refractivity contribution in [3.05, 3.63) is 0 Å². The normalized spacial score (nSPS) is 23.1. The Hall–Kier alpha value is -0.220. The van der Waals surface area contributed by atoms with Gasteiger partial charge in [0.1, 0.15) is 6.02 Å². The van der Waals surface area contributed by atoms with E-state index in [1.54, 1.807) is 6.26 Å². The standard InChI is InChI=1S/C5H11NO2S/c1-9-3-2-4(6)5(7)8/h4H,2-3,6H2,1H3,(H,7,8)/t4-/m0/s1/i2D2,4D. The number of carboxylic acid groups (broad SMARTS) is 1. The maximum absolute atomic E-state index is 10.4. The Morgan fingerprint density at radius 3 is 3.11 bits per heavy atom. The van der Waals surface area contributed by atoms with Gasteiger partial charge >= 0.3 is 5.97 Å². The second-order valence-corrected chi connectivity index (χ2v) is 2.19. The zero-order valence-electron chi connectivity index (χ0n) is 8.05. The van der Waals surface area contributed by atoms with Gasteiger partial charge in [0.2, 0.25) is 0 Å². The van der Waals surface area contributed by atoms with Gasteiger partial charge in [0, 0.05) is 2.74 Å². The second kappa shape index (κ2) is 4.64. The second-order valence-electron chi connectivity index (χ2n) is 1.33. The average molecular weight is 152 g/mol. The Labute approximate surface area is 62.8 Å². The quantitative estimate of drug-likeness (QED) is 0.602. The van der Waals surface area contributed by atoms with Crippen LogP contribution in [0.1, 0.15) is 10.5 Å². The molecule has 0 spiro atoms. The number of hydrogen-bond acceptors (Lipinski definition) is 3. The molecule has 3 nitrogen and oxygen atoms in total. The summed E-state index contributed by atoms with van der Waals surface area (Å²) in [5, 5.41) is 8.44. The molecular weight excluding hydrogens is 138 g/mol. The van der Waals surface area contributed by atoms with Gasteiger partial charge in [-0.05, 0) is 18.4 Å². The zero-order valence-corrected chi connectivity index (χ0v) is 5.86. The fourth-order valence-electron chi connectivity index (χ4n) is 0.226. The molecule has 0 aliphatic heterocycles. The molecule has 0 fully saturated rings. The molecule has 0 radical (unpaired) electrons. The Bertz CT molecular complexity index is 186. The minimum atomic E-state index is -2.57. The van der Waals surface area contributed by atoms with E-state index in [1.807, 2.05) is 0 Å². The lowest BCUT2D eigenvalue weighted by molar-refractivity contribution is -0.138. The topological polar surface area (TPSA) is 63.3 Å². The molecule has 0 amide bonds. The number of carbonyl (C=O) groups is 1. The fraction of sp³-hybridized carbons (Fsp3) is 0.800. The van der Waals surface area contributed by atoms with Crippen molar-refractivity contribution in [1.82, 2.24) is 0 Å². The highest BCUT2D eigenvalue weighted by Gasteiger charge is 2.08. The first-order valence-corrected chi connectivity index (χ1v) is 3.66. The van der Waals surface area contributed by atoms with Crippen LogP contribution < -0.4 is 5.73 Å². The molecule has 0 aromatic heterocycles. The summed E-state index contributed by atoms with van der Waals surface area (Å²) in [5.74, 6) is -1.76. The minimum Gasteiger partial charge on any atom is -0.480 e. The summed E-state index contributed by atoms with van der Waals surface area (Å²) in [6.07, 6.45) is -0.603. The van der Waals surface area contributed by atoms with E-state index in [9.17, 15) is 4.79 Å². The molecule has 0 aliphatic carbocycles. The van der Waals surface area contributed by atoms with Crippen LogP contribution in [0.3, 0.4) is 0 Å². The first kappa shape index (κ1) is 4.57. The number of aliphatic carboxylic acids is 1. The lowest BCUT2D eigenvalue weighted by atomic mass is 10.2. The maximum atomic E-state index is 10.4. The predicted octanol–water partition coefficient (Wildman–Crippen LogP) is 0.151. The van der Waals surface area contributed by atoms with Crippen LogP contribution in [0.4, 0.5) is 0 Å². The zero-order chi connectivity index (χ0) is 9.99. The van der Waals surface area contributed by atoms with Crippen molar-refractivity contribution in [1.29, 1.82) is 0 Å². The van der Waals surface area contributed by atoms with E-state index >= 15 is 0 Å². The van der Waals surface area contributed by atoms with Crippen molar-refractivity contribution in [2.75, 3.05) is 12.0 Å². The highest BCUT2D eigenvalue weighted by atomic mass is 32.2. The SMILES string of the molecule is [2H]C([2H])(CSC)[C@]([2H])(N)C(=O)O. The van der Waals surface area contributed by atoms with Gasteiger partial charge in [-0.2, -0.15) is 11.8 Å². The molecule has 1 atom stereocenters. The van der Waals surface area contributed by atoms with E-state index in [2.05, 4.69) is 0 Å². The van der Waals surface area contributed by atoms with Crippen LogP contribution in [0.5, 0.6) is 0 Å². The minimum absolute atomic E-state index is 0.112.